The highest BCUT2D eigenvalue weighted by Gasteiger charge is 2.28. The molecular formula is C30H34N6O3. The normalized spacial score (nSPS) is 15.0. The predicted molar refractivity (Wildman–Crippen MR) is 150 cm³/mol. The number of amides is 2. The Balaban J connectivity index is 1.25. The molecule has 4 aromatic rings. The number of nitrogens with one attached hydrogen (secondary N) is 2. The smallest absolute Gasteiger partial charge is 0.258 e. The molecule has 3 heterocycles. The average Bonchev–Trinajstić information content (AvgIpc) is 3.74. The molecule has 2 aromatic carbocycles. The summed E-state index contributed by atoms with van der Waals surface area (Å²) in [6, 6.07) is 17.4. The van der Waals surface area contributed by atoms with Gasteiger partial charge in [0, 0.05) is 49.3 Å². The van der Waals surface area contributed by atoms with E-state index in [1.165, 1.54) is 0 Å². The quantitative estimate of drug-likeness (QED) is 0.272. The van der Waals surface area contributed by atoms with Crippen molar-refractivity contribution in [3.8, 4) is 16.8 Å². The molecule has 0 bridgehead atoms. The number of nitrogens with zero attached hydrogens (tertiary/aromatic N) is 4. The number of hydrogen-bond donors (Lipinski definition) is 2. The fourth-order valence-corrected chi connectivity index (χ4v) is 5.10. The number of ether oxygens (including phenoxy) is 1. The van der Waals surface area contributed by atoms with Crippen LogP contribution in [0.15, 0.2) is 73.2 Å². The van der Waals surface area contributed by atoms with Crippen molar-refractivity contribution < 1.29 is 14.3 Å². The first-order chi connectivity index (χ1) is 19.1. The number of aryl methyl sites for hydroxylation is 1. The lowest BCUT2D eigenvalue weighted by atomic mass is 10.1. The van der Waals surface area contributed by atoms with Crippen molar-refractivity contribution in [2.45, 2.75) is 44.6 Å². The number of imidazole rings is 1. The van der Waals surface area contributed by atoms with E-state index in [0.717, 1.165) is 54.7 Å². The van der Waals surface area contributed by atoms with Gasteiger partial charge < -0.3 is 9.64 Å². The maximum atomic E-state index is 13.2. The van der Waals surface area contributed by atoms with Gasteiger partial charge in [0.15, 0.2) is 0 Å². The molecule has 2 aromatic heterocycles. The summed E-state index contributed by atoms with van der Waals surface area (Å²) in [5.41, 5.74) is 4.13. The minimum atomic E-state index is -0.239. The van der Waals surface area contributed by atoms with Crippen LogP contribution in [-0.4, -0.2) is 62.8 Å². The maximum absolute atomic E-state index is 13.2. The number of para-hydroxylation sites is 1. The Morgan fingerprint density at radius 2 is 1.97 bits per heavy atom. The van der Waals surface area contributed by atoms with Gasteiger partial charge in [-0.3, -0.25) is 24.6 Å². The summed E-state index contributed by atoms with van der Waals surface area (Å²) >= 11 is 0. The van der Waals surface area contributed by atoms with Crippen LogP contribution in [0.25, 0.3) is 16.8 Å². The number of H-pyrrole nitrogens is 1. The summed E-state index contributed by atoms with van der Waals surface area (Å²) in [5, 5.41) is 9.80. The van der Waals surface area contributed by atoms with E-state index in [2.05, 4.69) is 15.5 Å². The first-order valence-electron chi connectivity index (χ1n) is 13.4. The third-order valence-electron chi connectivity index (χ3n) is 7.10. The van der Waals surface area contributed by atoms with Gasteiger partial charge in [-0.1, -0.05) is 30.3 Å². The van der Waals surface area contributed by atoms with Gasteiger partial charge in [0.05, 0.1) is 24.5 Å². The number of anilines is 1. The van der Waals surface area contributed by atoms with E-state index in [-0.39, 0.29) is 17.9 Å². The Hall–Kier alpha value is -4.24. The molecule has 0 aliphatic carbocycles. The summed E-state index contributed by atoms with van der Waals surface area (Å²) in [6.07, 6.45) is 10.4. The summed E-state index contributed by atoms with van der Waals surface area (Å²) in [7, 11) is 1.69. The molecule has 0 radical (unpaired) electrons. The molecule has 0 saturated carbocycles. The van der Waals surface area contributed by atoms with Crippen molar-refractivity contribution >= 4 is 17.8 Å². The molecule has 9 nitrogen and oxygen atoms in total. The number of carbonyl (C=O) groups is 2. The molecule has 202 valence electrons. The third-order valence-corrected chi connectivity index (χ3v) is 7.10. The lowest BCUT2D eigenvalue weighted by molar-refractivity contribution is -0.133. The van der Waals surface area contributed by atoms with Crippen LogP contribution in [0.2, 0.25) is 0 Å². The minimum Gasteiger partial charge on any atom is -0.383 e. The zero-order valence-electron chi connectivity index (χ0n) is 22.2. The van der Waals surface area contributed by atoms with Crippen molar-refractivity contribution in [3.63, 3.8) is 0 Å². The Morgan fingerprint density at radius 3 is 2.77 bits per heavy atom. The highest BCUT2D eigenvalue weighted by atomic mass is 16.5. The van der Waals surface area contributed by atoms with E-state index in [9.17, 15) is 9.59 Å². The van der Waals surface area contributed by atoms with Gasteiger partial charge in [-0.25, -0.2) is 4.98 Å². The number of carbonyl (C=O) groups excluding carboxylic acids is 2. The molecule has 5 rings (SSSR count). The van der Waals surface area contributed by atoms with E-state index in [0.29, 0.717) is 31.0 Å². The fraction of sp³-hybridized carbons (Fsp3) is 0.333. The Morgan fingerprint density at radius 1 is 1.10 bits per heavy atom. The largest absolute Gasteiger partial charge is 0.383 e. The van der Waals surface area contributed by atoms with Crippen molar-refractivity contribution in [2.75, 3.05) is 25.6 Å². The number of rotatable bonds is 11. The SMILES string of the molecule is COC[C@H]1CCCN1C(=O)CCCCc1cn(-c2ccccc2)c(NC(=O)c2cccc(-c3cn[nH]c3)c2)n1. The molecule has 2 amide bonds. The van der Waals surface area contributed by atoms with E-state index in [4.69, 9.17) is 9.72 Å². The van der Waals surface area contributed by atoms with Gasteiger partial charge in [-0.15, -0.1) is 0 Å². The second-order valence-electron chi connectivity index (χ2n) is 9.83. The first-order valence-corrected chi connectivity index (χ1v) is 13.4. The zero-order valence-corrected chi connectivity index (χ0v) is 22.2. The number of likely N-dealkylation sites (tertiary alicyclic amines) is 1. The van der Waals surface area contributed by atoms with Crippen LogP contribution >= 0.6 is 0 Å². The van der Waals surface area contributed by atoms with Gasteiger partial charge in [0.2, 0.25) is 11.9 Å². The van der Waals surface area contributed by atoms with Gasteiger partial charge in [0.25, 0.3) is 5.91 Å². The molecular weight excluding hydrogens is 492 g/mol. The summed E-state index contributed by atoms with van der Waals surface area (Å²) in [5.74, 6) is 0.428. The molecule has 1 saturated heterocycles. The van der Waals surface area contributed by atoms with Gasteiger partial charge in [0.1, 0.15) is 0 Å². The second kappa shape index (κ2) is 12.5. The molecule has 0 unspecified atom stereocenters. The molecule has 1 aliphatic heterocycles. The van der Waals surface area contributed by atoms with E-state index in [1.807, 2.05) is 64.2 Å². The van der Waals surface area contributed by atoms with Crippen LogP contribution in [0.1, 0.15) is 48.2 Å². The molecule has 1 aliphatic rings. The minimum absolute atomic E-state index is 0.204. The van der Waals surface area contributed by atoms with E-state index in [1.54, 1.807) is 25.6 Å². The lowest BCUT2D eigenvalue weighted by Gasteiger charge is -2.24. The van der Waals surface area contributed by atoms with Gasteiger partial charge in [-0.05, 0) is 61.9 Å². The summed E-state index contributed by atoms with van der Waals surface area (Å²) < 4.78 is 7.18. The second-order valence-corrected chi connectivity index (χ2v) is 9.83. The maximum Gasteiger partial charge on any atom is 0.258 e. The van der Waals surface area contributed by atoms with Crippen LogP contribution in [0.5, 0.6) is 0 Å². The number of aromatic nitrogens is 4. The van der Waals surface area contributed by atoms with Crippen molar-refractivity contribution in [2.24, 2.45) is 0 Å². The number of hydrogen-bond acceptors (Lipinski definition) is 5. The van der Waals surface area contributed by atoms with E-state index < -0.39 is 0 Å². The Labute approximate surface area is 228 Å². The van der Waals surface area contributed by atoms with Gasteiger partial charge >= 0.3 is 0 Å². The highest BCUT2D eigenvalue weighted by molar-refractivity contribution is 6.04. The number of methoxy groups -OCH3 is 1. The number of unbranched alkanes of at least 4 members (excludes halogenated alkanes) is 1. The van der Waals surface area contributed by atoms with Gasteiger partial charge in [-0.2, -0.15) is 5.10 Å². The Kier molecular flexibility index (Phi) is 8.48. The summed E-state index contributed by atoms with van der Waals surface area (Å²) in [4.78, 5) is 32.7. The predicted octanol–water partition coefficient (Wildman–Crippen LogP) is 4.86. The number of benzene rings is 2. The molecule has 1 fully saturated rings. The van der Waals surface area contributed by atoms with Crippen LogP contribution in [0, 0.1) is 0 Å². The molecule has 2 N–H and O–H groups in total. The lowest BCUT2D eigenvalue weighted by Crippen LogP contribution is -2.37. The average molecular weight is 527 g/mol. The summed E-state index contributed by atoms with van der Waals surface area (Å²) in [6.45, 7) is 1.42. The van der Waals surface area contributed by atoms with Crippen LogP contribution in [-0.2, 0) is 16.0 Å². The van der Waals surface area contributed by atoms with Crippen molar-refractivity contribution in [3.05, 3.63) is 84.4 Å². The molecule has 1 atom stereocenters. The standard InChI is InChI=1S/C30H34N6O3/c1-39-21-27-14-8-16-35(27)28(37)15-6-5-11-25-20-36(26-12-3-2-4-13-26)30(33-25)34-29(38)23-10-7-9-22(17-23)24-18-31-32-19-24/h2-4,7,9-10,12-13,17-20,27H,5-6,8,11,14-16,21H2,1H3,(H,31,32)(H,33,34,38)/t27-/m1/s1. The zero-order chi connectivity index (χ0) is 27.0. The van der Waals surface area contributed by atoms with Crippen LogP contribution < -0.4 is 5.32 Å². The highest BCUT2D eigenvalue weighted by Crippen LogP contribution is 2.23. The number of aromatic amines is 1. The molecule has 9 heteroatoms. The van der Waals surface area contributed by atoms with Crippen LogP contribution in [0.4, 0.5) is 5.95 Å². The first kappa shape index (κ1) is 26.4. The van der Waals surface area contributed by atoms with E-state index >= 15 is 0 Å². The van der Waals surface area contributed by atoms with Crippen molar-refractivity contribution in [1.82, 2.24) is 24.6 Å². The fourth-order valence-electron chi connectivity index (χ4n) is 5.10. The molecule has 39 heavy (non-hydrogen) atoms. The third kappa shape index (κ3) is 6.43. The topological polar surface area (TPSA) is 105 Å². The Bertz CT molecular complexity index is 1380. The monoisotopic (exact) mass is 526 g/mol. The molecule has 0 spiro atoms. The van der Waals surface area contributed by atoms with Crippen LogP contribution in [0.3, 0.4) is 0 Å². The van der Waals surface area contributed by atoms with Crippen molar-refractivity contribution in [1.29, 1.82) is 0 Å².